The van der Waals surface area contributed by atoms with Crippen molar-refractivity contribution in [3.8, 4) is 0 Å². The normalized spacial score (nSPS) is 14.8. The van der Waals surface area contributed by atoms with Gasteiger partial charge in [0.05, 0.1) is 0 Å². The molecule has 162 valence electrons. The van der Waals surface area contributed by atoms with Crippen molar-refractivity contribution >= 4 is 29.9 Å². The first kappa shape index (κ1) is 25.1. The lowest BCUT2D eigenvalue weighted by atomic mass is 10.2. The zero-order valence-electron chi connectivity index (χ0n) is 18.4. The van der Waals surface area contributed by atoms with Gasteiger partial charge >= 0.3 is 0 Å². The molecule has 0 unspecified atom stereocenters. The quantitative estimate of drug-likeness (QED) is 0.234. The summed E-state index contributed by atoms with van der Waals surface area (Å²) >= 11 is 0. The van der Waals surface area contributed by atoms with Gasteiger partial charge in [0, 0.05) is 58.2 Å². The molecular weight excluding hydrogens is 465 g/mol. The third-order valence-corrected chi connectivity index (χ3v) is 5.26. The SMILES string of the molecule is CN=C(NCCCN(C(C)C)C(C)C)NCCc1nnc2n1CCCCC2.I. The van der Waals surface area contributed by atoms with E-state index in [-0.39, 0.29) is 24.0 Å². The summed E-state index contributed by atoms with van der Waals surface area (Å²) in [5, 5.41) is 15.6. The number of aliphatic imine (C=N–C) groups is 1. The average molecular weight is 505 g/mol. The zero-order chi connectivity index (χ0) is 19.6. The molecular formula is C20H40IN7. The maximum atomic E-state index is 4.40. The van der Waals surface area contributed by atoms with Crippen LogP contribution < -0.4 is 10.6 Å². The van der Waals surface area contributed by atoms with E-state index >= 15 is 0 Å². The molecule has 0 amide bonds. The Bertz CT molecular complexity index is 575. The summed E-state index contributed by atoms with van der Waals surface area (Å²) in [5.41, 5.74) is 0. The number of fused-ring (bicyclic) bond motifs is 1. The van der Waals surface area contributed by atoms with Crippen LogP contribution in [0.1, 0.15) is 65.0 Å². The van der Waals surface area contributed by atoms with Crippen LogP contribution in [0.5, 0.6) is 0 Å². The second kappa shape index (κ2) is 13.3. The second-order valence-corrected chi connectivity index (χ2v) is 7.95. The van der Waals surface area contributed by atoms with Crippen molar-refractivity contribution < 1.29 is 0 Å². The van der Waals surface area contributed by atoms with E-state index in [9.17, 15) is 0 Å². The fraction of sp³-hybridized carbons (Fsp3) is 0.850. The highest BCUT2D eigenvalue weighted by molar-refractivity contribution is 14.0. The molecule has 2 rings (SSSR count). The monoisotopic (exact) mass is 505 g/mol. The van der Waals surface area contributed by atoms with Gasteiger partial charge in [0.2, 0.25) is 0 Å². The predicted molar refractivity (Wildman–Crippen MR) is 128 cm³/mol. The van der Waals surface area contributed by atoms with Gasteiger partial charge in [-0.15, -0.1) is 34.2 Å². The van der Waals surface area contributed by atoms with Gasteiger partial charge in [-0.3, -0.25) is 9.89 Å². The summed E-state index contributed by atoms with van der Waals surface area (Å²) in [5.74, 6) is 3.12. The summed E-state index contributed by atoms with van der Waals surface area (Å²) in [7, 11) is 1.83. The largest absolute Gasteiger partial charge is 0.356 e. The maximum Gasteiger partial charge on any atom is 0.190 e. The molecule has 1 aromatic rings. The van der Waals surface area contributed by atoms with E-state index in [1.54, 1.807) is 0 Å². The number of rotatable bonds is 9. The Balaban J connectivity index is 0.00000392. The van der Waals surface area contributed by atoms with Crippen LogP contribution in [0, 0.1) is 0 Å². The Morgan fingerprint density at radius 2 is 1.79 bits per heavy atom. The Kier molecular flexibility index (Phi) is 12.0. The highest BCUT2D eigenvalue weighted by Crippen LogP contribution is 2.14. The number of guanidine groups is 1. The molecule has 0 bridgehead atoms. The summed E-state index contributed by atoms with van der Waals surface area (Å²) < 4.78 is 2.32. The van der Waals surface area contributed by atoms with Crippen LogP contribution in [-0.4, -0.2) is 64.4 Å². The number of aromatic nitrogens is 3. The van der Waals surface area contributed by atoms with E-state index in [1.165, 1.54) is 19.3 Å². The lowest BCUT2D eigenvalue weighted by Crippen LogP contribution is -2.41. The molecule has 0 fully saturated rings. The molecule has 1 aliphatic rings. The van der Waals surface area contributed by atoms with Crippen molar-refractivity contribution in [2.75, 3.05) is 26.7 Å². The third-order valence-electron chi connectivity index (χ3n) is 5.26. The van der Waals surface area contributed by atoms with Crippen LogP contribution in [0.25, 0.3) is 0 Å². The summed E-state index contributed by atoms with van der Waals surface area (Å²) in [6, 6.07) is 1.17. The number of hydrogen-bond acceptors (Lipinski definition) is 4. The number of nitrogens with one attached hydrogen (secondary N) is 2. The molecule has 0 radical (unpaired) electrons. The molecule has 0 aromatic carbocycles. The van der Waals surface area contributed by atoms with E-state index in [0.717, 1.165) is 63.0 Å². The number of hydrogen-bond donors (Lipinski definition) is 2. The van der Waals surface area contributed by atoms with Crippen molar-refractivity contribution in [3.63, 3.8) is 0 Å². The van der Waals surface area contributed by atoms with Crippen LogP contribution in [0.4, 0.5) is 0 Å². The Labute approximate surface area is 188 Å². The first-order chi connectivity index (χ1) is 13.0. The van der Waals surface area contributed by atoms with E-state index in [0.29, 0.717) is 12.1 Å². The topological polar surface area (TPSA) is 70.4 Å². The molecule has 8 heteroatoms. The molecule has 0 aliphatic carbocycles. The van der Waals surface area contributed by atoms with Gasteiger partial charge < -0.3 is 15.2 Å². The minimum absolute atomic E-state index is 0. The Morgan fingerprint density at radius 1 is 1.07 bits per heavy atom. The van der Waals surface area contributed by atoms with E-state index in [2.05, 4.69) is 63.0 Å². The van der Waals surface area contributed by atoms with Gasteiger partial charge in [-0.1, -0.05) is 6.42 Å². The third kappa shape index (κ3) is 7.85. The Hall–Kier alpha value is -0.900. The molecule has 0 saturated heterocycles. The van der Waals surface area contributed by atoms with Crippen LogP contribution in [0.3, 0.4) is 0 Å². The number of nitrogens with zero attached hydrogens (tertiary/aromatic N) is 5. The standard InChI is InChI=1S/C20H39N7.HI/c1-16(2)26(17(3)4)15-9-12-22-20(21-5)23-13-11-19-25-24-18-10-7-6-8-14-27(18)19;/h16-17H,6-15H2,1-5H3,(H2,21,22,23);1H. The minimum Gasteiger partial charge on any atom is -0.356 e. The van der Waals surface area contributed by atoms with Gasteiger partial charge in [-0.25, -0.2) is 0 Å². The van der Waals surface area contributed by atoms with Gasteiger partial charge in [-0.05, 0) is 47.0 Å². The van der Waals surface area contributed by atoms with E-state index in [1.807, 2.05) is 7.05 Å². The Morgan fingerprint density at radius 3 is 2.46 bits per heavy atom. The molecule has 7 nitrogen and oxygen atoms in total. The van der Waals surface area contributed by atoms with Crippen molar-refractivity contribution in [2.45, 2.75) is 84.8 Å². The fourth-order valence-electron chi connectivity index (χ4n) is 3.82. The highest BCUT2D eigenvalue weighted by Gasteiger charge is 2.14. The lowest BCUT2D eigenvalue weighted by Gasteiger charge is -2.30. The first-order valence-electron chi connectivity index (χ1n) is 10.6. The van der Waals surface area contributed by atoms with E-state index in [4.69, 9.17) is 0 Å². The summed E-state index contributed by atoms with van der Waals surface area (Å²) in [4.78, 5) is 6.86. The lowest BCUT2D eigenvalue weighted by molar-refractivity contribution is 0.173. The molecule has 1 aromatic heterocycles. The zero-order valence-corrected chi connectivity index (χ0v) is 20.7. The van der Waals surface area contributed by atoms with Gasteiger partial charge in [0.1, 0.15) is 11.6 Å². The number of halogens is 1. The van der Waals surface area contributed by atoms with Crippen LogP contribution >= 0.6 is 24.0 Å². The van der Waals surface area contributed by atoms with E-state index < -0.39 is 0 Å². The van der Waals surface area contributed by atoms with Gasteiger partial charge in [0.25, 0.3) is 0 Å². The molecule has 0 atom stereocenters. The smallest absolute Gasteiger partial charge is 0.190 e. The predicted octanol–water partition coefficient (Wildman–Crippen LogP) is 2.84. The van der Waals surface area contributed by atoms with Crippen LogP contribution in [0.2, 0.25) is 0 Å². The van der Waals surface area contributed by atoms with Crippen molar-refractivity contribution in [3.05, 3.63) is 11.6 Å². The number of aryl methyl sites for hydroxylation is 1. The van der Waals surface area contributed by atoms with Crippen LogP contribution in [0.15, 0.2) is 4.99 Å². The minimum atomic E-state index is 0. The molecule has 0 spiro atoms. The molecule has 2 N–H and O–H groups in total. The van der Waals surface area contributed by atoms with Crippen molar-refractivity contribution in [1.29, 1.82) is 0 Å². The molecule has 0 saturated carbocycles. The first-order valence-corrected chi connectivity index (χ1v) is 10.6. The second-order valence-electron chi connectivity index (χ2n) is 7.95. The van der Waals surface area contributed by atoms with Gasteiger partial charge in [-0.2, -0.15) is 0 Å². The van der Waals surface area contributed by atoms with Crippen molar-refractivity contribution in [1.82, 2.24) is 30.3 Å². The van der Waals surface area contributed by atoms with Crippen LogP contribution in [-0.2, 0) is 19.4 Å². The fourth-order valence-corrected chi connectivity index (χ4v) is 3.82. The molecule has 28 heavy (non-hydrogen) atoms. The van der Waals surface area contributed by atoms with Crippen molar-refractivity contribution in [2.24, 2.45) is 4.99 Å². The molecule has 2 heterocycles. The average Bonchev–Trinajstić information content (AvgIpc) is 2.86. The highest BCUT2D eigenvalue weighted by atomic mass is 127. The summed E-state index contributed by atoms with van der Waals surface area (Å²) in [6.07, 6.45) is 6.81. The maximum absolute atomic E-state index is 4.40. The summed E-state index contributed by atoms with van der Waals surface area (Å²) in [6.45, 7) is 13.0. The molecule has 1 aliphatic heterocycles. The van der Waals surface area contributed by atoms with Gasteiger partial charge in [0.15, 0.2) is 5.96 Å².